The Labute approximate surface area is 133 Å². The van der Waals surface area contributed by atoms with Gasteiger partial charge in [0.15, 0.2) is 0 Å². The Hall–Kier alpha value is -1.39. The molecule has 1 aliphatic rings. The molecule has 1 aromatic rings. The average molecular weight is 304 g/mol. The van der Waals surface area contributed by atoms with Gasteiger partial charge in [-0.3, -0.25) is 9.69 Å². The van der Waals surface area contributed by atoms with E-state index in [1.54, 1.807) is 25.8 Å². The van der Waals surface area contributed by atoms with Crippen LogP contribution in [0.3, 0.4) is 0 Å². The second-order valence-electron chi connectivity index (χ2n) is 7.07. The fraction of sp³-hybridized carbons (Fsp3) is 0.611. The maximum Gasteiger partial charge on any atom is 0.226 e. The van der Waals surface area contributed by atoms with Gasteiger partial charge >= 0.3 is 0 Å². The first-order valence-electron chi connectivity index (χ1n) is 8.09. The first-order valence-corrected chi connectivity index (χ1v) is 8.09. The van der Waals surface area contributed by atoms with Crippen molar-refractivity contribution in [1.82, 2.24) is 9.80 Å². The largest absolute Gasteiger partial charge is 0.389 e. The molecule has 0 bridgehead atoms. The Kier molecular flexibility index (Phi) is 5.59. The number of aliphatic hydroxyl groups is 1. The van der Waals surface area contributed by atoms with Crippen molar-refractivity contribution < 1.29 is 9.90 Å². The molecule has 1 saturated heterocycles. The molecule has 122 valence electrons. The van der Waals surface area contributed by atoms with E-state index in [9.17, 15) is 9.90 Å². The van der Waals surface area contributed by atoms with Crippen LogP contribution >= 0.6 is 0 Å². The predicted octanol–water partition coefficient (Wildman–Crippen LogP) is 2.13. The first-order chi connectivity index (χ1) is 10.3. The van der Waals surface area contributed by atoms with E-state index in [0.29, 0.717) is 6.54 Å². The number of likely N-dealkylation sites (N-methyl/N-ethyl adjacent to an activating group) is 1. The van der Waals surface area contributed by atoms with Crippen molar-refractivity contribution in [2.75, 3.05) is 26.7 Å². The van der Waals surface area contributed by atoms with Gasteiger partial charge in [0.05, 0.1) is 11.5 Å². The Morgan fingerprint density at radius 3 is 2.68 bits per heavy atom. The van der Waals surface area contributed by atoms with Gasteiger partial charge in [-0.05, 0) is 38.8 Å². The minimum Gasteiger partial charge on any atom is -0.389 e. The molecule has 1 unspecified atom stereocenters. The predicted molar refractivity (Wildman–Crippen MR) is 88.4 cm³/mol. The van der Waals surface area contributed by atoms with E-state index in [4.69, 9.17) is 0 Å². The van der Waals surface area contributed by atoms with Crippen molar-refractivity contribution in [3.63, 3.8) is 0 Å². The standard InChI is InChI=1S/C18H28N2O2/c1-18(2,22)14-19(3)17(21)16-10-7-11-20(13-16)12-15-8-5-4-6-9-15/h4-6,8-9,16,22H,7,10-14H2,1-3H3. The minimum absolute atomic E-state index is 0.0461. The van der Waals surface area contributed by atoms with Crippen LogP contribution in [0.5, 0.6) is 0 Å². The van der Waals surface area contributed by atoms with Gasteiger partial charge in [0.25, 0.3) is 0 Å². The van der Waals surface area contributed by atoms with Gasteiger partial charge in [0, 0.05) is 26.7 Å². The number of amides is 1. The number of carbonyl (C=O) groups excluding carboxylic acids is 1. The topological polar surface area (TPSA) is 43.8 Å². The number of hydrogen-bond acceptors (Lipinski definition) is 3. The van der Waals surface area contributed by atoms with Gasteiger partial charge in [0.1, 0.15) is 0 Å². The zero-order valence-corrected chi connectivity index (χ0v) is 14.0. The maximum absolute atomic E-state index is 12.6. The first kappa shape index (κ1) is 17.0. The zero-order valence-electron chi connectivity index (χ0n) is 14.0. The highest BCUT2D eigenvalue weighted by atomic mass is 16.3. The highest BCUT2D eigenvalue weighted by Gasteiger charge is 2.29. The lowest BCUT2D eigenvalue weighted by molar-refractivity contribution is -0.138. The van der Waals surface area contributed by atoms with Gasteiger partial charge in [-0.25, -0.2) is 0 Å². The van der Waals surface area contributed by atoms with Crippen LogP contribution in [-0.2, 0) is 11.3 Å². The summed E-state index contributed by atoms with van der Waals surface area (Å²) in [5.74, 6) is 0.199. The van der Waals surface area contributed by atoms with Crippen LogP contribution in [0.1, 0.15) is 32.3 Å². The van der Waals surface area contributed by atoms with Crippen molar-refractivity contribution in [2.24, 2.45) is 5.92 Å². The molecule has 0 saturated carbocycles. The summed E-state index contributed by atoms with van der Waals surface area (Å²) in [5.41, 5.74) is 0.448. The van der Waals surface area contributed by atoms with Gasteiger partial charge in [-0.15, -0.1) is 0 Å². The second-order valence-corrected chi connectivity index (χ2v) is 7.07. The van der Waals surface area contributed by atoms with E-state index in [1.807, 2.05) is 6.07 Å². The SMILES string of the molecule is CN(CC(C)(C)O)C(=O)C1CCCN(Cc2ccccc2)C1. The Bertz CT molecular complexity index is 482. The summed E-state index contributed by atoms with van der Waals surface area (Å²) in [6.45, 7) is 6.61. The van der Waals surface area contributed by atoms with Crippen LogP contribution in [0.4, 0.5) is 0 Å². The fourth-order valence-electron chi connectivity index (χ4n) is 3.21. The lowest BCUT2D eigenvalue weighted by atomic mass is 9.95. The molecule has 4 nitrogen and oxygen atoms in total. The third-order valence-corrected chi connectivity index (χ3v) is 4.10. The third-order valence-electron chi connectivity index (χ3n) is 4.10. The molecule has 1 fully saturated rings. The Balaban J connectivity index is 1.91. The molecule has 1 heterocycles. The number of carbonyl (C=O) groups is 1. The Morgan fingerprint density at radius 1 is 1.36 bits per heavy atom. The molecule has 0 aliphatic carbocycles. The molecule has 22 heavy (non-hydrogen) atoms. The minimum atomic E-state index is -0.844. The van der Waals surface area contributed by atoms with Gasteiger partial charge in [0.2, 0.25) is 5.91 Å². The number of benzene rings is 1. The molecule has 4 heteroatoms. The average Bonchev–Trinajstić information content (AvgIpc) is 2.46. The maximum atomic E-state index is 12.6. The normalized spacial score (nSPS) is 19.9. The Morgan fingerprint density at radius 2 is 2.05 bits per heavy atom. The highest BCUT2D eigenvalue weighted by Crippen LogP contribution is 2.21. The summed E-state index contributed by atoms with van der Waals surface area (Å²) >= 11 is 0. The second kappa shape index (κ2) is 7.25. The molecular weight excluding hydrogens is 276 g/mol. The van der Waals surface area contributed by atoms with E-state index >= 15 is 0 Å². The zero-order chi connectivity index (χ0) is 16.2. The van der Waals surface area contributed by atoms with Crippen LogP contribution in [0.25, 0.3) is 0 Å². The van der Waals surface area contributed by atoms with Crippen LogP contribution in [0, 0.1) is 5.92 Å². The molecule has 1 aliphatic heterocycles. The molecular formula is C18H28N2O2. The summed E-state index contributed by atoms with van der Waals surface area (Å²) < 4.78 is 0. The van der Waals surface area contributed by atoms with Gasteiger partial charge < -0.3 is 10.0 Å². The number of rotatable bonds is 5. The summed E-state index contributed by atoms with van der Waals surface area (Å²) in [5, 5.41) is 9.88. The van der Waals surface area contributed by atoms with Crippen LogP contribution in [-0.4, -0.2) is 53.1 Å². The number of piperidine rings is 1. The van der Waals surface area contributed by atoms with E-state index in [0.717, 1.165) is 32.5 Å². The van der Waals surface area contributed by atoms with Crippen LogP contribution < -0.4 is 0 Å². The third kappa shape index (κ3) is 5.11. The van der Waals surface area contributed by atoms with E-state index < -0.39 is 5.60 Å². The molecule has 1 atom stereocenters. The van der Waals surface area contributed by atoms with E-state index in [1.165, 1.54) is 5.56 Å². The smallest absolute Gasteiger partial charge is 0.226 e. The molecule has 1 amide bonds. The molecule has 0 aromatic heterocycles. The molecule has 1 N–H and O–H groups in total. The van der Waals surface area contributed by atoms with Crippen LogP contribution in [0.15, 0.2) is 30.3 Å². The lowest BCUT2D eigenvalue weighted by Gasteiger charge is -2.35. The molecule has 1 aromatic carbocycles. The van der Waals surface area contributed by atoms with Crippen molar-refractivity contribution in [2.45, 2.75) is 38.8 Å². The van der Waals surface area contributed by atoms with Crippen LogP contribution in [0.2, 0.25) is 0 Å². The van der Waals surface area contributed by atoms with Crippen molar-refractivity contribution in [1.29, 1.82) is 0 Å². The van der Waals surface area contributed by atoms with Crippen molar-refractivity contribution in [3.05, 3.63) is 35.9 Å². The number of hydrogen-bond donors (Lipinski definition) is 1. The van der Waals surface area contributed by atoms with Gasteiger partial charge in [-0.2, -0.15) is 0 Å². The summed E-state index contributed by atoms with van der Waals surface area (Å²) in [7, 11) is 1.79. The monoisotopic (exact) mass is 304 g/mol. The number of likely N-dealkylation sites (tertiary alicyclic amines) is 1. The molecule has 0 spiro atoms. The summed E-state index contributed by atoms with van der Waals surface area (Å²) in [6, 6.07) is 10.4. The highest BCUT2D eigenvalue weighted by molar-refractivity contribution is 5.79. The number of nitrogens with zero attached hydrogens (tertiary/aromatic N) is 2. The molecule has 2 rings (SSSR count). The lowest BCUT2D eigenvalue weighted by Crippen LogP contribution is -2.47. The van der Waals surface area contributed by atoms with Crippen molar-refractivity contribution >= 4 is 5.91 Å². The van der Waals surface area contributed by atoms with E-state index in [-0.39, 0.29) is 11.8 Å². The quantitative estimate of drug-likeness (QED) is 0.906. The fourth-order valence-corrected chi connectivity index (χ4v) is 3.21. The van der Waals surface area contributed by atoms with Crippen molar-refractivity contribution in [3.8, 4) is 0 Å². The summed E-state index contributed by atoms with van der Waals surface area (Å²) in [6.07, 6.45) is 2.00. The molecule has 0 radical (unpaired) electrons. The summed E-state index contributed by atoms with van der Waals surface area (Å²) in [4.78, 5) is 16.6. The van der Waals surface area contributed by atoms with Gasteiger partial charge in [-0.1, -0.05) is 30.3 Å². The van der Waals surface area contributed by atoms with E-state index in [2.05, 4.69) is 29.2 Å².